The molecule has 5 heteroatoms. The van der Waals surface area contributed by atoms with Crippen LogP contribution < -0.4 is 5.32 Å². The van der Waals surface area contributed by atoms with E-state index in [0.29, 0.717) is 0 Å². The van der Waals surface area contributed by atoms with Crippen molar-refractivity contribution in [2.75, 3.05) is 6.61 Å². The molecule has 0 bridgehead atoms. The van der Waals surface area contributed by atoms with Gasteiger partial charge in [0.15, 0.2) is 0 Å². The van der Waals surface area contributed by atoms with E-state index in [0.717, 1.165) is 11.6 Å². The Morgan fingerprint density at radius 3 is 2.50 bits per heavy atom. The van der Waals surface area contributed by atoms with Gasteiger partial charge in [0.05, 0.1) is 18.2 Å². The van der Waals surface area contributed by atoms with Gasteiger partial charge in [-0.25, -0.2) is 4.39 Å². The predicted octanol–water partition coefficient (Wildman–Crippen LogP) is 1.99. The normalized spacial score (nSPS) is 11.9. The first-order valence-electron chi connectivity index (χ1n) is 6.07. The molecule has 0 aliphatic carbocycles. The number of aromatic hydroxyl groups is 1. The van der Waals surface area contributed by atoms with Gasteiger partial charge in [0, 0.05) is 6.07 Å². The zero-order chi connectivity index (χ0) is 14.5. The van der Waals surface area contributed by atoms with Crippen molar-refractivity contribution < 1.29 is 19.4 Å². The van der Waals surface area contributed by atoms with Crippen LogP contribution in [0.2, 0.25) is 0 Å². The number of amides is 1. The van der Waals surface area contributed by atoms with E-state index in [9.17, 15) is 14.3 Å². The Kier molecular flexibility index (Phi) is 4.32. The van der Waals surface area contributed by atoms with Gasteiger partial charge in [0.25, 0.3) is 5.91 Å². The van der Waals surface area contributed by atoms with Crippen LogP contribution in [0.4, 0.5) is 4.39 Å². The Labute approximate surface area is 115 Å². The topological polar surface area (TPSA) is 69.6 Å². The van der Waals surface area contributed by atoms with Crippen LogP contribution in [-0.4, -0.2) is 22.7 Å². The van der Waals surface area contributed by atoms with Crippen LogP contribution in [0, 0.1) is 5.82 Å². The molecule has 20 heavy (non-hydrogen) atoms. The zero-order valence-corrected chi connectivity index (χ0v) is 10.6. The van der Waals surface area contributed by atoms with E-state index in [1.165, 1.54) is 12.1 Å². The Morgan fingerprint density at radius 2 is 1.90 bits per heavy atom. The standard InChI is InChI=1S/C15H14FNO3/c16-13-8-11(19)6-7-12(13)15(20)17-14(9-18)10-4-2-1-3-5-10/h1-8,14,18-19H,9H2,(H,17,20)/t14-/m0/s1. The van der Waals surface area contributed by atoms with Crippen LogP contribution in [0.5, 0.6) is 5.75 Å². The fourth-order valence-corrected chi connectivity index (χ4v) is 1.84. The molecule has 0 aliphatic heterocycles. The average molecular weight is 275 g/mol. The van der Waals surface area contributed by atoms with E-state index < -0.39 is 17.8 Å². The number of rotatable bonds is 4. The maximum Gasteiger partial charge on any atom is 0.254 e. The van der Waals surface area contributed by atoms with Gasteiger partial charge in [-0.05, 0) is 17.7 Å². The van der Waals surface area contributed by atoms with Crippen LogP contribution >= 0.6 is 0 Å². The fourth-order valence-electron chi connectivity index (χ4n) is 1.84. The lowest BCUT2D eigenvalue weighted by Gasteiger charge is -2.17. The molecule has 104 valence electrons. The summed E-state index contributed by atoms with van der Waals surface area (Å²) in [6.45, 7) is -0.296. The van der Waals surface area contributed by atoms with Crippen LogP contribution in [0.25, 0.3) is 0 Å². The Balaban J connectivity index is 2.17. The molecular formula is C15H14FNO3. The average Bonchev–Trinajstić information content (AvgIpc) is 2.45. The van der Waals surface area contributed by atoms with Crippen LogP contribution in [-0.2, 0) is 0 Å². The molecule has 4 nitrogen and oxygen atoms in total. The number of phenolic OH excluding ortho intramolecular Hbond substituents is 1. The Hall–Kier alpha value is -2.40. The second-order valence-electron chi connectivity index (χ2n) is 4.28. The molecule has 2 aromatic rings. The summed E-state index contributed by atoms with van der Waals surface area (Å²) in [5, 5.41) is 21.0. The van der Waals surface area contributed by atoms with Crippen molar-refractivity contribution in [1.29, 1.82) is 0 Å². The molecule has 1 amide bonds. The molecular weight excluding hydrogens is 261 g/mol. The van der Waals surface area contributed by atoms with Gasteiger partial charge in [-0.3, -0.25) is 4.79 Å². The minimum atomic E-state index is -0.813. The molecule has 3 N–H and O–H groups in total. The Bertz CT molecular complexity index is 601. The lowest BCUT2D eigenvalue weighted by Crippen LogP contribution is -2.31. The summed E-state index contributed by atoms with van der Waals surface area (Å²) in [5.74, 6) is -1.71. The molecule has 0 saturated carbocycles. The van der Waals surface area contributed by atoms with E-state index in [2.05, 4.69) is 5.32 Å². The summed E-state index contributed by atoms with van der Waals surface area (Å²) in [5.41, 5.74) is 0.541. The van der Waals surface area contributed by atoms with E-state index >= 15 is 0 Å². The summed E-state index contributed by atoms with van der Waals surface area (Å²) >= 11 is 0. The summed E-state index contributed by atoms with van der Waals surface area (Å²) in [6.07, 6.45) is 0. The highest BCUT2D eigenvalue weighted by atomic mass is 19.1. The summed E-state index contributed by atoms with van der Waals surface area (Å²) in [4.78, 5) is 12.0. The molecule has 0 heterocycles. The smallest absolute Gasteiger partial charge is 0.254 e. The van der Waals surface area contributed by atoms with Crippen molar-refractivity contribution in [2.24, 2.45) is 0 Å². The number of nitrogens with one attached hydrogen (secondary N) is 1. The Morgan fingerprint density at radius 1 is 1.20 bits per heavy atom. The second kappa shape index (κ2) is 6.16. The minimum absolute atomic E-state index is 0.183. The van der Waals surface area contributed by atoms with Crippen molar-refractivity contribution in [2.45, 2.75) is 6.04 Å². The third kappa shape index (κ3) is 3.13. The highest BCUT2D eigenvalue weighted by Gasteiger charge is 2.17. The maximum absolute atomic E-state index is 13.6. The van der Waals surface area contributed by atoms with Crippen molar-refractivity contribution >= 4 is 5.91 Å². The molecule has 0 unspecified atom stereocenters. The highest BCUT2D eigenvalue weighted by molar-refractivity contribution is 5.94. The van der Waals surface area contributed by atoms with Crippen molar-refractivity contribution in [3.8, 4) is 5.75 Å². The van der Waals surface area contributed by atoms with Gasteiger partial charge in [-0.15, -0.1) is 0 Å². The highest BCUT2D eigenvalue weighted by Crippen LogP contribution is 2.17. The molecule has 0 saturated heterocycles. The van der Waals surface area contributed by atoms with E-state index in [4.69, 9.17) is 5.11 Å². The quantitative estimate of drug-likeness (QED) is 0.799. The number of carbonyl (C=O) groups excluding carboxylic acids is 1. The lowest BCUT2D eigenvalue weighted by molar-refractivity contribution is 0.0912. The lowest BCUT2D eigenvalue weighted by atomic mass is 10.1. The first kappa shape index (κ1) is 14.0. The molecule has 0 radical (unpaired) electrons. The van der Waals surface area contributed by atoms with Crippen molar-refractivity contribution in [3.63, 3.8) is 0 Å². The number of phenols is 1. The molecule has 0 spiro atoms. The van der Waals surface area contributed by atoms with E-state index in [1.807, 2.05) is 6.07 Å². The predicted molar refractivity (Wildman–Crippen MR) is 71.8 cm³/mol. The molecule has 1 atom stereocenters. The fraction of sp³-hybridized carbons (Fsp3) is 0.133. The van der Waals surface area contributed by atoms with Crippen LogP contribution in [0.15, 0.2) is 48.5 Å². The number of hydrogen-bond donors (Lipinski definition) is 3. The summed E-state index contributed by atoms with van der Waals surface area (Å²) < 4.78 is 13.6. The maximum atomic E-state index is 13.6. The number of hydrogen-bond acceptors (Lipinski definition) is 3. The van der Waals surface area contributed by atoms with Crippen molar-refractivity contribution in [1.82, 2.24) is 5.32 Å². The largest absolute Gasteiger partial charge is 0.508 e. The number of halogens is 1. The first-order chi connectivity index (χ1) is 9.61. The molecule has 2 aromatic carbocycles. The zero-order valence-electron chi connectivity index (χ0n) is 10.6. The number of carbonyl (C=O) groups is 1. The van der Waals surface area contributed by atoms with Crippen LogP contribution in [0.1, 0.15) is 22.0 Å². The second-order valence-corrected chi connectivity index (χ2v) is 4.28. The monoisotopic (exact) mass is 275 g/mol. The third-order valence-electron chi connectivity index (χ3n) is 2.89. The van der Waals surface area contributed by atoms with Crippen molar-refractivity contribution in [3.05, 3.63) is 65.5 Å². The summed E-state index contributed by atoms with van der Waals surface area (Å²) in [7, 11) is 0. The summed E-state index contributed by atoms with van der Waals surface area (Å²) in [6, 6.07) is 11.6. The van der Waals surface area contributed by atoms with Gasteiger partial charge in [0.1, 0.15) is 11.6 Å². The first-order valence-corrected chi connectivity index (χ1v) is 6.07. The molecule has 0 fully saturated rings. The molecule has 2 rings (SSSR count). The van der Waals surface area contributed by atoms with Gasteiger partial charge in [-0.2, -0.15) is 0 Å². The van der Waals surface area contributed by atoms with Gasteiger partial charge in [0.2, 0.25) is 0 Å². The third-order valence-corrected chi connectivity index (χ3v) is 2.89. The number of benzene rings is 2. The van der Waals surface area contributed by atoms with Gasteiger partial charge in [-0.1, -0.05) is 30.3 Å². The molecule has 0 aromatic heterocycles. The number of aliphatic hydroxyl groups is 1. The minimum Gasteiger partial charge on any atom is -0.508 e. The van der Waals surface area contributed by atoms with Crippen LogP contribution in [0.3, 0.4) is 0 Å². The van der Waals surface area contributed by atoms with Gasteiger partial charge < -0.3 is 15.5 Å². The number of aliphatic hydroxyl groups excluding tert-OH is 1. The van der Waals surface area contributed by atoms with E-state index in [-0.39, 0.29) is 17.9 Å². The van der Waals surface area contributed by atoms with Gasteiger partial charge >= 0.3 is 0 Å². The van der Waals surface area contributed by atoms with E-state index in [1.54, 1.807) is 24.3 Å². The SMILES string of the molecule is O=C(N[C@@H](CO)c1ccccc1)c1ccc(O)cc1F. The molecule has 0 aliphatic rings.